The first kappa shape index (κ1) is 14.0. The summed E-state index contributed by atoms with van der Waals surface area (Å²) in [7, 11) is 0. The monoisotopic (exact) mass is 336 g/mol. The molecule has 1 rings (SSSR count). The molecule has 92 valence electrons. The second-order valence-corrected chi connectivity index (χ2v) is 4.83. The molecule has 0 aliphatic rings. The van der Waals surface area contributed by atoms with Gasteiger partial charge in [0.2, 0.25) is 0 Å². The third kappa shape index (κ3) is 3.45. The molecular weight excluding hydrogens is 315 g/mol. The van der Waals surface area contributed by atoms with Gasteiger partial charge in [0.15, 0.2) is 0 Å². The predicted octanol–water partition coefficient (Wildman–Crippen LogP) is 3.04. The van der Waals surface area contributed by atoms with Crippen molar-refractivity contribution in [2.75, 3.05) is 13.2 Å². The summed E-state index contributed by atoms with van der Waals surface area (Å²) in [4.78, 5) is 0. The number of ether oxygens (including phenoxy) is 1. The maximum Gasteiger partial charge on any atom is 0.0758 e. The molecule has 3 nitrogen and oxygen atoms in total. The molecular formula is C12H21IN2O. The van der Waals surface area contributed by atoms with Crippen molar-refractivity contribution in [3.05, 3.63) is 15.0 Å². The molecule has 0 saturated carbocycles. The highest BCUT2D eigenvalue weighted by Gasteiger charge is 2.12. The van der Waals surface area contributed by atoms with Crippen molar-refractivity contribution in [1.29, 1.82) is 0 Å². The van der Waals surface area contributed by atoms with Crippen LogP contribution in [0.1, 0.15) is 38.6 Å². The zero-order chi connectivity index (χ0) is 12.0. The second kappa shape index (κ2) is 7.27. The van der Waals surface area contributed by atoms with E-state index in [1.807, 2.05) is 0 Å². The smallest absolute Gasteiger partial charge is 0.0758 e. The van der Waals surface area contributed by atoms with Gasteiger partial charge in [0.05, 0.1) is 28.1 Å². The van der Waals surface area contributed by atoms with Crippen LogP contribution in [-0.4, -0.2) is 23.0 Å². The van der Waals surface area contributed by atoms with Crippen LogP contribution >= 0.6 is 22.6 Å². The summed E-state index contributed by atoms with van der Waals surface area (Å²) in [6, 6.07) is 0. The highest BCUT2D eigenvalue weighted by molar-refractivity contribution is 14.1. The van der Waals surface area contributed by atoms with E-state index in [1.54, 1.807) is 0 Å². The highest BCUT2D eigenvalue weighted by Crippen LogP contribution is 2.18. The average Bonchev–Trinajstić information content (AvgIpc) is 2.60. The SMILES string of the molecule is CCCOCCn1nc(CC)c(I)c1CC. The van der Waals surface area contributed by atoms with E-state index in [0.717, 1.165) is 39.0 Å². The zero-order valence-electron chi connectivity index (χ0n) is 10.4. The van der Waals surface area contributed by atoms with Crippen LogP contribution in [-0.2, 0) is 24.1 Å². The number of hydrogen-bond acceptors (Lipinski definition) is 2. The minimum atomic E-state index is 0.766. The van der Waals surface area contributed by atoms with Crippen LogP contribution in [0.15, 0.2) is 0 Å². The molecule has 0 bridgehead atoms. The second-order valence-electron chi connectivity index (χ2n) is 3.75. The molecule has 0 spiro atoms. The number of rotatable bonds is 7. The maximum absolute atomic E-state index is 5.51. The lowest BCUT2D eigenvalue weighted by Gasteiger charge is -2.06. The Morgan fingerprint density at radius 2 is 1.94 bits per heavy atom. The lowest BCUT2D eigenvalue weighted by atomic mass is 10.2. The molecule has 0 amide bonds. The Balaban J connectivity index is 2.64. The first-order valence-corrected chi connectivity index (χ1v) is 7.14. The van der Waals surface area contributed by atoms with E-state index in [9.17, 15) is 0 Å². The fraction of sp³-hybridized carbons (Fsp3) is 0.750. The third-order valence-corrected chi connectivity index (χ3v) is 3.77. The van der Waals surface area contributed by atoms with Crippen molar-refractivity contribution in [2.45, 2.75) is 46.6 Å². The lowest BCUT2D eigenvalue weighted by Crippen LogP contribution is -2.11. The van der Waals surface area contributed by atoms with Crippen LogP contribution < -0.4 is 0 Å². The van der Waals surface area contributed by atoms with Crippen LogP contribution in [0.2, 0.25) is 0 Å². The van der Waals surface area contributed by atoms with Gasteiger partial charge in [0.1, 0.15) is 0 Å². The summed E-state index contributed by atoms with van der Waals surface area (Å²) in [5.74, 6) is 0. The van der Waals surface area contributed by atoms with Gasteiger partial charge < -0.3 is 4.74 Å². The van der Waals surface area contributed by atoms with Crippen LogP contribution in [0.5, 0.6) is 0 Å². The van der Waals surface area contributed by atoms with Gasteiger partial charge in [-0.3, -0.25) is 4.68 Å². The molecule has 0 atom stereocenters. The number of aromatic nitrogens is 2. The minimum absolute atomic E-state index is 0.766. The Kier molecular flexibility index (Phi) is 6.34. The van der Waals surface area contributed by atoms with E-state index < -0.39 is 0 Å². The molecule has 1 heterocycles. The van der Waals surface area contributed by atoms with Crippen LogP contribution in [0, 0.1) is 3.57 Å². The predicted molar refractivity (Wildman–Crippen MR) is 74.8 cm³/mol. The van der Waals surface area contributed by atoms with Gasteiger partial charge in [-0.15, -0.1) is 0 Å². The molecule has 16 heavy (non-hydrogen) atoms. The van der Waals surface area contributed by atoms with Crippen LogP contribution in [0.3, 0.4) is 0 Å². The maximum atomic E-state index is 5.51. The Labute approximate surface area is 112 Å². The zero-order valence-corrected chi connectivity index (χ0v) is 12.6. The van der Waals surface area contributed by atoms with Crippen molar-refractivity contribution < 1.29 is 4.74 Å². The van der Waals surface area contributed by atoms with Gasteiger partial charge in [0.25, 0.3) is 0 Å². The summed E-state index contributed by atoms with van der Waals surface area (Å²) in [6.45, 7) is 8.95. The van der Waals surface area contributed by atoms with Gasteiger partial charge >= 0.3 is 0 Å². The fourth-order valence-corrected chi connectivity index (χ4v) is 2.82. The van der Waals surface area contributed by atoms with E-state index in [4.69, 9.17) is 4.74 Å². The highest BCUT2D eigenvalue weighted by atomic mass is 127. The Hall–Kier alpha value is -0.100. The third-order valence-electron chi connectivity index (χ3n) is 2.53. The standard InChI is InChI=1S/C12H21IN2O/c1-4-8-16-9-7-15-11(6-3)12(13)10(5-2)14-15/h4-9H2,1-3H3. The van der Waals surface area contributed by atoms with Crippen molar-refractivity contribution in [3.63, 3.8) is 0 Å². The molecule has 0 aliphatic carbocycles. The molecule has 1 aromatic heterocycles. The Bertz CT molecular complexity index is 323. The summed E-state index contributed by atoms with van der Waals surface area (Å²) < 4.78 is 8.94. The topological polar surface area (TPSA) is 27.1 Å². The van der Waals surface area contributed by atoms with Gasteiger partial charge in [-0.2, -0.15) is 5.10 Å². The summed E-state index contributed by atoms with van der Waals surface area (Å²) >= 11 is 2.41. The van der Waals surface area contributed by atoms with Crippen molar-refractivity contribution >= 4 is 22.6 Å². The quantitative estimate of drug-likeness (QED) is 0.565. The summed E-state index contributed by atoms with van der Waals surface area (Å²) in [6.07, 6.45) is 3.13. The number of halogens is 1. The van der Waals surface area contributed by atoms with Gasteiger partial charge in [-0.1, -0.05) is 20.8 Å². The summed E-state index contributed by atoms with van der Waals surface area (Å²) in [5.41, 5.74) is 2.56. The first-order chi connectivity index (χ1) is 7.74. The van der Waals surface area contributed by atoms with Gasteiger partial charge in [-0.05, 0) is 41.9 Å². The summed E-state index contributed by atoms with van der Waals surface area (Å²) in [5, 5.41) is 4.63. The number of nitrogens with zero attached hydrogens (tertiary/aromatic N) is 2. The largest absolute Gasteiger partial charge is 0.380 e. The van der Waals surface area contributed by atoms with E-state index in [2.05, 4.69) is 53.1 Å². The van der Waals surface area contributed by atoms with Crippen molar-refractivity contribution in [2.24, 2.45) is 0 Å². The normalized spacial score (nSPS) is 11.0. The van der Waals surface area contributed by atoms with Crippen molar-refractivity contribution in [1.82, 2.24) is 9.78 Å². The van der Waals surface area contributed by atoms with E-state index >= 15 is 0 Å². The number of hydrogen-bond donors (Lipinski definition) is 0. The van der Waals surface area contributed by atoms with E-state index in [0.29, 0.717) is 0 Å². The molecule has 0 aromatic carbocycles. The average molecular weight is 336 g/mol. The minimum Gasteiger partial charge on any atom is -0.380 e. The molecule has 4 heteroatoms. The number of aryl methyl sites for hydroxylation is 1. The first-order valence-electron chi connectivity index (χ1n) is 6.06. The molecule has 0 fully saturated rings. The molecule has 0 radical (unpaired) electrons. The van der Waals surface area contributed by atoms with E-state index in [-0.39, 0.29) is 0 Å². The molecule has 1 aromatic rings. The van der Waals surface area contributed by atoms with Crippen LogP contribution in [0.25, 0.3) is 0 Å². The molecule has 0 unspecified atom stereocenters. The van der Waals surface area contributed by atoms with Gasteiger partial charge in [-0.25, -0.2) is 0 Å². The molecule has 0 N–H and O–H groups in total. The molecule has 0 aliphatic heterocycles. The Morgan fingerprint density at radius 1 is 1.19 bits per heavy atom. The lowest BCUT2D eigenvalue weighted by molar-refractivity contribution is 0.123. The molecule has 0 saturated heterocycles. The Morgan fingerprint density at radius 3 is 2.50 bits per heavy atom. The van der Waals surface area contributed by atoms with E-state index in [1.165, 1.54) is 15.0 Å². The van der Waals surface area contributed by atoms with Crippen LogP contribution in [0.4, 0.5) is 0 Å². The van der Waals surface area contributed by atoms with Gasteiger partial charge in [0, 0.05) is 6.61 Å². The van der Waals surface area contributed by atoms with Crippen molar-refractivity contribution in [3.8, 4) is 0 Å². The fourth-order valence-electron chi connectivity index (χ4n) is 1.68.